The number of thiocarbonyl (C=S) groups is 1. The van der Waals surface area contributed by atoms with Crippen LogP contribution in [0.4, 0.5) is 5.69 Å². The summed E-state index contributed by atoms with van der Waals surface area (Å²) in [6.07, 6.45) is 3.56. The lowest BCUT2D eigenvalue weighted by Gasteiger charge is -2.10. The summed E-state index contributed by atoms with van der Waals surface area (Å²) in [6, 6.07) is 14.0. The van der Waals surface area contributed by atoms with Gasteiger partial charge in [0.15, 0.2) is 0 Å². The highest BCUT2D eigenvalue weighted by Gasteiger charge is 2.00. The number of rotatable bonds is 5. The van der Waals surface area contributed by atoms with Crippen LogP contribution in [0.15, 0.2) is 48.7 Å². The lowest BCUT2D eigenvalue weighted by molar-refractivity contribution is 0.315. The molecule has 0 spiro atoms. The molecule has 0 amide bonds. The van der Waals surface area contributed by atoms with Crippen LogP contribution in [-0.2, 0) is 17.6 Å². The van der Waals surface area contributed by atoms with E-state index in [1.807, 2.05) is 30.3 Å². The number of anilines is 1. The molecule has 0 fully saturated rings. The van der Waals surface area contributed by atoms with Gasteiger partial charge in [-0.3, -0.25) is 4.98 Å². The fraction of sp³-hybridized carbons (Fsp3) is 0.250. The van der Waals surface area contributed by atoms with E-state index in [9.17, 15) is 0 Å². The topological polar surface area (TPSA) is 34.1 Å². The normalized spacial score (nSPS) is 10.1. The predicted octanol–water partition coefficient (Wildman–Crippen LogP) is 3.60. The van der Waals surface area contributed by atoms with Crippen LogP contribution < -0.4 is 5.32 Å². The summed E-state index contributed by atoms with van der Waals surface area (Å²) in [5.41, 5.74) is 3.25. The van der Waals surface area contributed by atoms with E-state index in [2.05, 4.69) is 29.4 Å². The van der Waals surface area contributed by atoms with E-state index in [1.54, 1.807) is 6.20 Å². The van der Waals surface area contributed by atoms with Gasteiger partial charge in [-0.25, -0.2) is 0 Å². The number of pyridine rings is 1. The van der Waals surface area contributed by atoms with Crippen LogP contribution in [0.25, 0.3) is 0 Å². The van der Waals surface area contributed by atoms with Gasteiger partial charge in [-0.1, -0.05) is 25.1 Å². The molecule has 0 atom stereocenters. The number of nitrogens with one attached hydrogen (secondary N) is 1. The molecule has 1 aromatic heterocycles. The maximum absolute atomic E-state index is 5.49. The van der Waals surface area contributed by atoms with Crippen molar-refractivity contribution in [2.75, 3.05) is 11.9 Å². The second-order valence-electron chi connectivity index (χ2n) is 4.38. The summed E-state index contributed by atoms with van der Waals surface area (Å²) in [6.45, 7) is 2.66. The summed E-state index contributed by atoms with van der Waals surface area (Å²) in [5, 5.41) is 3.46. The number of benzene rings is 1. The van der Waals surface area contributed by atoms with E-state index in [1.165, 1.54) is 5.56 Å². The molecule has 0 saturated carbocycles. The third kappa shape index (κ3) is 4.63. The quantitative estimate of drug-likeness (QED) is 0.852. The maximum Gasteiger partial charge on any atom is 0.261 e. The summed E-state index contributed by atoms with van der Waals surface area (Å²) < 4.78 is 5.49. The first-order valence-corrected chi connectivity index (χ1v) is 7.11. The van der Waals surface area contributed by atoms with Crippen molar-refractivity contribution in [3.63, 3.8) is 0 Å². The molecule has 2 rings (SSSR count). The first kappa shape index (κ1) is 14.5. The smallest absolute Gasteiger partial charge is 0.261 e. The summed E-state index contributed by atoms with van der Waals surface area (Å²) >= 11 is 5.16. The van der Waals surface area contributed by atoms with Gasteiger partial charge in [-0.05, 0) is 48.5 Å². The van der Waals surface area contributed by atoms with Crippen LogP contribution in [0.5, 0.6) is 0 Å². The Morgan fingerprint density at radius 1 is 1.20 bits per heavy atom. The fourth-order valence-electron chi connectivity index (χ4n) is 1.77. The van der Waals surface area contributed by atoms with Crippen molar-refractivity contribution in [2.45, 2.75) is 19.8 Å². The number of aryl methyl sites for hydroxylation is 1. The van der Waals surface area contributed by atoms with Crippen LogP contribution in [0.2, 0.25) is 0 Å². The van der Waals surface area contributed by atoms with Crippen molar-refractivity contribution in [3.8, 4) is 0 Å². The summed E-state index contributed by atoms with van der Waals surface area (Å²) in [4.78, 5) is 4.23. The number of nitrogens with zero attached hydrogens (tertiary/aromatic N) is 1. The van der Waals surface area contributed by atoms with E-state index in [0.717, 1.165) is 24.2 Å². The zero-order valence-corrected chi connectivity index (χ0v) is 12.3. The number of aromatic nitrogens is 1. The van der Waals surface area contributed by atoms with Crippen LogP contribution in [0.3, 0.4) is 0 Å². The molecule has 0 unspecified atom stereocenters. The van der Waals surface area contributed by atoms with Crippen molar-refractivity contribution in [1.82, 2.24) is 4.98 Å². The number of ether oxygens (including phenoxy) is 1. The third-order valence-corrected chi connectivity index (χ3v) is 3.15. The lowest BCUT2D eigenvalue weighted by Crippen LogP contribution is -2.15. The van der Waals surface area contributed by atoms with E-state index < -0.39 is 0 Å². The molecular weight excluding hydrogens is 268 g/mol. The highest BCUT2D eigenvalue weighted by atomic mass is 32.1. The van der Waals surface area contributed by atoms with Crippen LogP contribution >= 0.6 is 12.2 Å². The van der Waals surface area contributed by atoms with Crippen LogP contribution in [-0.4, -0.2) is 16.8 Å². The van der Waals surface area contributed by atoms with Gasteiger partial charge in [-0.2, -0.15) is 0 Å². The molecule has 0 bridgehead atoms. The maximum atomic E-state index is 5.49. The Morgan fingerprint density at radius 2 is 2.00 bits per heavy atom. The van der Waals surface area contributed by atoms with E-state index in [4.69, 9.17) is 17.0 Å². The Balaban J connectivity index is 1.74. The molecule has 0 radical (unpaired) electrons. The van der Waals surface area contributed by atoms with Gasteiger partial charge in [-0.15, -0.1) is 0 Å². The zero-order chi connectivity index (χ0) is 14.2. The standard InChI is InChI=1S/C16H18N2OS/c1-2-13-6-8-15(9-7-13)18-16(20)19-12-10-14-5-3-4-11-17-14/h3-9,11H,2,10,12H2,1H3,(H,18,20). The minimum absolute atomic E-state index is 0.394. The van der Waals surface area contributed by atoms with Crippen molar-refractivity contribution >= 4 is 23.1 Å². The third-order valence-electron chi connectivity index (χ3n) is 2.93. The van der Waals surface area contributed by atoms with Gasteiger partial charge < -0.3 is 10.1 Å². The van der Waals surface area contributed by atoms with Crippen molar-refractivity contribution in [2.24, 2.45) is 0 Å². The summed E-state index contributed by atoms with van der Waals surface area (Å²) in [7, 11) is 0. The predicted molar refractivity (Wildman–Crippen MR) is 85.9 cm³/mol. The number of hydrogen-bond donors (Lipinski definition) is 1. The highest BCUT2D eigenvalue weighted by molar-refractivity contribution is 7.80. The monoisotopic (exact) mass is 286 g/mol. The van der Waals surface area contributed by atoms with Gasteiger partial charge in [0.05, 0.1) is 6.61 Å². The molecule has 104 valence electrons. The molecule has 0 aliphatic rings. The Morgan fingerprint density at radius 3 is 2.65 bits per heavy atom. The molecule has 1 N–H and O–H groups in total. The molecule has 2 aromatic rings. The number of hydrogen-bond acceptors (Lipinski definition) is 3. The molecular formula is C16H18N2OS. The SMILES string of the molecule is CCc1ccc(NC(=S)OCCc2ccccn2)cc1. The van der Waals surface area contributed by atoms with E-state index in [0.29, 0.717) is 11.8 Å². The van der Waals surface area contributed by atoms with Gasteiger partial charge in [0, 0.05) is 24.0 Å². The average molecular weight is 286 g/mol. The second kappa shape index (κ2) is 7.60. The van der Waals surface area contributed by atoms with Gasteiger partial charge >= 0.3 is 0 Å². The Hall–Kier alpha value is -1.94. The van der Waals surface area contributed by atoms with Crippen molar-refractivity contribution < 1.29 is 4.74 Å². The minimum atomic E-state index is 0.394. The Bertz CT molecular complexity index is 540. The lowest BCUT2D eigenvalue weighted by atomic mass is 10.1. The average Bonchev–Trinajstić information content (AvgIpc) is 2.49. The molecule has 0 aliphatic heterocycles. The van der Waals surface area contributed by atoms with E-state index >= 15 is 0 Å². The Labute approximate surface area is 125 Å². The summed E-state index contributed by atoms with van der Waals surface area (Å²) in [5.74, 6) is 0. The second-order valence-corrected chi connectivity index (χ2v) is 4.75. The fourth-order valence-corrected chi connectivity index (χ4v) is 1.97. The van der Waals surface area contributed by atoms with Gasteiger partial charge in [0.1, 0.15) is 0 Å². The van der Waals surface area contributed by atoms with Crippen LogP contribution in [0, 0.1) is 0 Å². The first-order chi connectivity index (χ1) is 9.78. The largest absolute Gasteiger partial charge is 0.470 e. The minimum Gasteiger partial charge on any atom is -0.470 e. The molecule has 0 aliphatic carbocycles. The molecule has 1 heterocycles. The van der Waals surface area contributed by atoms with Crippen LogP contribution in [0.1, 0.15) is 18.2 Å². The molecule has 3 nitrogen and oxygen atoms in total. The molecule has 20 heavy (non-hydrogen) atoms. The van der Waals surface area contributed by atoms with Gasteiger partial charge in [0.2, 0.25) is 0 Å². The van der Waals surface area contributed by atoms with Crippen molar-refractivity contribution in [1.29, 1.82) is 0 Å². The van der Waals surface area contributed by atoms with Gasteiger partial charge in [0.25, 0.3) is 5.17 Å². The van der Waals surface area contributed by atoms with Crippen molar-refractivity contribution in [3.05, 3.63) is 59.9 Å². The highest BCUT2D eigenvalue weighted by Crippen LogP contribution is 2.10. The molecule has 1 aromatic carbocycles. The Kier molecular flexibility index (Phi) is 5.50. The van der Waals surface area contributed by atoms with E-state index in [-0.39, 0.29) is 0 Å². The zero-order valence-electron chi connectivity index (χ0n) is 11.5. The molecule has 4 heteroatoms. The molecule has 0 saturated heterocycles. The first-order valence-electron chi connectivity index (χ1n) is 6.70.